The van der Waals surface area contributed by atoms with E-state index in [2.05, 4.69) is 9.88 Å². The van der Waals surface area contributed by atoms with Gasteiger partial charge in [-0.15, -0.1) is 11.3 Å². The fraction of sp³-hybridized carbons (Fsp3) is 0.231. The number of rotatable bonds is 5. The minimum atomic E-state index is -0.464. The SMILES string of the molecule is CN(Cc1cscn1)Cc1ccc(C(N)=O)cc1N. The summed E-state index contributed by atoms with van der Waals surface area (Å²) in [5, 5.41) is 2.02. The highest BCUT2D eigenvalue weighted by atomic mass is 32.1. The molecule has 1 amide bonds. The molecular formula is C13H16N4OS. The molecule has 0 saturated heterocycles. The van der Waals surface area contributed by atoms with Gasteiger partial charge in [-0.1, -0.05) is 6.07 Å². The maximum absolute atomic E-state index is 11.0. The van der Waals surface area contributed by atoms with Crippen LogP contribution in [-0.2, 0) is 13.1 Å². The maximum atomic E-state index is 11.0. The monoisotopic (exact) mass is 276 g/mol. The molecule has 6 heteroatoms. The number of nitrogen functional groups attached to an aromatic ring is 1. The maximum Gasteiger partial charge on any atom is 0.248 e. The summed E-state index contributed by atoms with van der Waals surface area (Å²) < 4.78 is 0. The van der Waals surface area contributed by atoms with Crippen LogP contribution in [0.4, 0.5) is 5.69 Å². The highest BCUT2D eigenvalue weighted by Crippen LogP contribution is 2.17. The van der Waals surface area contributed by atoms with Gasteiger partial charge in [-0.05, 0) is 24.7 Å². The molecule has 1 heterocycles. The Morgan fingerprint density at radius 1 is 1.42 bits per heavy atom. The van der Waals surface area contributed by atoms with Crippen LogP contribution in [0.2, 0.25) is 0 Å². The number of benzene rings is 1. The molecule has 2 aromatic rings. The molecule has 19 heavy (non-hydrogen) atoms. The highest BCUT2D eigenvalue weighted by molar-refractivity contribution is 7.07. The Labute approximate surface area is 115 Å². The van der Waals surface area contributed by atoms with Crippen LogP contribution in [0.5, 0.6) is 0 Å². The number of carbonyl (C=O) groups excluding carboxylic acids is 1. The second-order valence-corrected chi connectivity index (χ2v) is 5.15. The summed E-state index contributed by atoms with van der Waals surface area (Å²) in [6, 6.07) is 5.16. The molecule has 1 aromatic carbocycles. The van der Waals surface area contributed by atoms with Gasteiger partial charge >= 0.3 is 0 Å². The van der Waals surface area contributed by atoms with E-state index >= 15 is 0 Å². The fourth-order valence-electron chi connectivity index (χ4n) is 1.83. The van der Waals surface area contributed by atoms with Crippen molar-refractivity contribution in [1.29, 1.82) is 0 Å². The van der Waals surface area contributed by atoms with E-state index in [0.29, 0.717) is 17.8 Å². The van der Waals surface area contributed by atoms with Gasteiger partial charge in [0.15, 0.2) is 0 Å². The third kappa shape index (κ3) is 3.52. The number of amides is 1. The molecule has 0 aliphatic carbocycles. The number of thiazole rings is 1. The van der Waals surface area contributed by atoms with Crippen molar-refractivity contribution >= 4 is 22.9 Å². The average molecular weight is 276 g/mol. The van der Waals surface area contributed by atoms with E-state index in [1.807, 2.05) is 24.0 Å². The predicted octanol–water partition coefficient (Wildman–Crippen LogP) is 1.46. The van der Waals surface area contributed by atoms with E-state index in [4.69, 9.17) is 11.5 Å². The largest absolute Gasteiger partial charge is 0.398 e. The minimum Gasteiger partial charge on any atom is -0.398 e. The summed E-state index contributed by atoms with van der Waals surface area (Å²) in [4.78, 5) is 17.4. The lowest BCUT2D eigenvalue weighted by molar-refractivity contribution is 0.100. The van der Waals surface area contributed by atoms with E-state index in [1.54, 1.807) is 23.5 Å². The highest BCUT2D eigenvalue weighted by Gasteiger charge is 2.08. The molecular weight excluding hydrogens is 260 g/mol. The van der Waals surface area contributed by atoms with E-state index in [9.17, 15) is 4.79 Å². The van der Waals surface area contributed by atoms with Gasteiger partial charge in [0.25, 0.3) is 0 Å². The molecule has 0 bridgehead atoms. The number of nitrogens with two attached hydrogens (primary N) is 2. The van der Waals surface area contributed by atoms with Crippen LogP contribution < -0.4 is 11.5 Å². The zero-order chi connectivity index (χ0) is 13.8. The predicted molar refractivity (Wildman–Crippen MR) is 76.7 cm³/mol. The van der Waals surface area contributed by atoms with Gasteiger partial charge in [0.1, 0.15) is 0 Å². The number of hydrogen-bond donors (Lipinski definition) is 2. The smallest absolute Gasteiger partial charge is 0.248 e. The molecule has 1 aromatic heterocycles. The second kappa shape index (κ2) is 5.81. The molecule has 5 nitrogen and oxygen atoms in total. The van der Waals surface area contributed by atoms with Crippen LogP contribution in [0.3, 0.4) is 0 Å². The Morgan fingerprint density at radius 2 is 2.21 bits per heavy atom. The first-order chi connectivity index (χ1) is 9.06. The van der Waals surface area contributed by atoms with Gasteiger partial charge in [-0.2, -0.15) is 0 Å². The molecule has 2 rings (SSSR count). The second-order valence-electron chi connectivity index (χ2n) is 4.43. The Hall–Kier alpha value is -1.92. The quantitative estimate of drug-likeness (QED) is 0.810. The molecule has 0 radical (unpaired) electrons. The Balaban J connectivity index is 2.04. The van der Waals surface area contributed by atoms with E-state index < -0.39 is 5.91 Å². The zero-order valence-electron chi connectivity index (χ0n) is 10.7. The summed E-state index contributed by atoms with van der Waals surface area (Å²) in [6.45, 7) is 1.46. The lowest BCUT2D eigenvalue weighted by atomic mass is 10.1. The van der Waals surface area contributed by atoms with Gasteiger partial charge in [0.2, 0.25) is 5.91 Å². The molecule has 0 fully saturated rings. The van der Waals surface area contributed by atoms with Crippen LogP contribution in [-0.4, -0.2) is 22.8 Å². The van der Waals surface area contributed by atoms with Gasteiger partial charge in [-0.25, -0.2) is 4.98 Å². The van der Waals surface area contributed by atoms with Crippen molar-refractivity contribution in [3.8, 4) is 0 Å². The summed E-state index contributed by atoms with van der Waals surface area (Å²) in [5.41, 5.74) is 16.0. The minimum absolute atomic E-state index is 0.434. The first-order valence-corrected chi connectivity index (χ1v) is 6.74. The number of primary amides is 1. The molecule has 0 aliphatic heterocycles. The van der Waals surface area contributed by atoms with E-state index in [0.717, 1.165) is 17.8 Å². The average Bonchev–Trinajstić information content (AvgIpc) is 2.84. The van der Waals surface area contributed by atoms with Crippen molar-refractivity contribution in [2.24, 2.45) is 5.73 Å². The van der Waals surface area contributed by atoms with Crippen molar-refractivity contribution in [3.63, 3.8) is 0 Å². The number of carbonyl (C=O) groups is 1. The van der Waals surface area contributed by atoms with Gasteiger partial charge in [-0.3, -0.25) is 9.69 Å². The third-order valence-electron chi connectivity index (χ3n) is 2.79. The molecule has 0 atom stereocenters. The Kier molecular flexibility index (Phi) is 4.13. The van der Waals surface area contributed by atoms with Crippen LogP contribution in [0, 0.1) is 0 Å². The summed E-state index contributed by atoms with van der Waals surface area (Å²) in [6.07, 6.45) is 0. The number of hydrogen-bond acceptors (Lipinski definition) is 5. The first-order valence-electron chi connectivity index (χ1n) is 5.80. The van der Waals surface area contributed by atoms with Crippen molar-refractivity contribution in [3.05, 3.63) is 45.9 Å². The van der Waals surface area contributed by atoms with Crippen LogP contribution >= 0.6 is 11.3 Å². The molecule has 4 N–H and O–H groups in total. The lowest BCUT2D eigenvalue weighted by Crippen LogP contribution is -2.19. The standard InChI is InChI=1S/C13H16N4OS/c1-17(6-11-7-19-8-16-11)5-10-3-2-9(13(15)18)4-12(10)14/h2-4,7-8H,5-6,14H2,1H3,(H2,15,18). The van der Waals surface area contributed by atoms with Gasteiger partial charge < -0.3 is 11.5 Å². The summed E-state index contributed by atoms with van der Waals surface area (Å²) in [5.74, 6) is -0.464. The third-order valence-corrected chi connectivity index (χ3v) is 3.42. The first kappa shape index (κ1) is 13.5. The Bertz CT molecular complexity index is 568. The van der Waals surface area contributed by atoms with E-state index in [1.165, 1.54) is 0 Å². The van der Waals surface area contributed by atoms with Crippen molar-refractivity contribution in [1.82, 2.24) is 9.88 Å². The Morgan fingerprint density at radius 3 is 2.79 bits per heavy atom. The molecule has 100 valence electrons. The zero-order valence-corrected chi connectivity index (χ0v) is 11.5. The molecule has 0 spiro atoms. The van der Waals surface area contributed by atoms with Crippen molar-refractivity contribution < 1.29 is 4.79 Å². The molecule has 0 saturated carbocycles. The van der Waals surface area contributed by atoms with Crippen LogP contribution in [0.15, 0.2) is 29.1 Å². The summed E-state index contributed by atoms with van der Waals surface area (Å²) in [7, 11) is 2.00. The van der Waals surface area contributed by atoms with E-state index in [-0.39, 0.29) is 0 Å². The fourth-order valence-corrected chi connectivity index (χ4v) is 2.38. The number of aromatic nitrogens is 1. The lowest BCUT2D eigenvalue weighted by Gasteiger charge is -2.17. The molecule has 0 unspecified atom stereocenters. The normalized spacial score (nSPS) is 10.8. The van der Waals surface area contributed by atoms with Crippen LogP contribution in [0.1, 0.15) is 21.6 Å². The van der Waals surface area contributed by atoms with Crippen LogP contribution in [0.25, 0.3) is 0 Å². The summed E-state index contributed by atoms with van der Waals surface area (Å²) >= 11 is 1.58. The van der Waals surface area contributed by atoms with Crippen molar-refractivity contribution in [2.45, 2.75) is 13.1 Å². The number of nitrogens with zero attached hydrogens (tertiary/aromatic N) is 2. The topological polar surface area (TPSA) is 85.2 Å². The van der Waals surface area contributed by atoms with Crippen molar-refractivity contribution in [2.75, 3.05) is 12.8 Å². The van der Waals surface area contributed by atoms with Gasteiger partial charge in [0, 0.05) is 29.7 Å². The number of anilines is 1. The molecule has 0 aliphatic rings. The van der Waals surface area contributed by atoms with Gasteiger partial charge in [0.05, 0.1) is 11.2 Å².